The number of anilines is 1. The second kappa shape index (κ2) is 8.26. The second-order valence-corrected chi connectivity index (χ2v) is 6.58. The van der Waals surface area contributed by atoms with Crippen LogP contribution < -0.4 is 10.2 Å². The summed E-state index contributed by atoms with van der Waals surface area (Å²) >= 11 is 3.40. The lowest BCUT2D eigenvalue weighted by Gasteiger charge is -2.29. The molecule has 1 aromatic heterocycles. The van der Waals surface area contributed by atoms with Crippen molar-refractivity contribution in [2.75, 3.05) is 31.2 Å². The summed E-state index contributed by atoms with van der Waals surface area (Å²) in [5.41, 5.74) is 2.03. The Morgan fingerprint density at radius 2 is 1.96 bits per heavy atom. The standard InChI is InChI=1S/C18H20BrN3O2/c19-16-5-3-14(4-6-16)12-17(23)21-13-15-2-1-7-20-18(15)22-8-10-24-11-9-22/h1-7H,8-13H2,(H,21,23). The van der Waals surface area contributed by atoms with Crippen molar-refractivity contribution in [2.45, 2.75) is 13.0 Å². The Kier molecular flexibility index (Phi) is 5.82. The maximum Gasteiger partial charge on any atom is 0.224 e. The Morgan fingerprint density at radius 3 is 2.71 bits per heavy atom. The molecule has 2 aromatic rings. The number of benzene rings is 1. The largest absolute Gasteiger partial charge is 0.378 e. The van der Waals surface area contributed by atoms with Crippen molar-refractivity contribution in [3.05, 3.63) is 58.2 Å². The zero-order valence-corrected chi connectivity index (χ0v) is 15.0. The van der Waals surface area contributed by atoms with E-state index in [2.05, 4.69) is 31.1 Å². The molecule has 0 unspecified atom stereocenters. The van der Waals surface area contributed by atoms with Crippen molar-refractivity contribution in [3.8, 4) is 0 Å². The van der Waals surface area contributed by atoms with Gasteiger partial charge in [-0.05, 0) is 23.8 Å². The molecule has 6 heteroatoms. The van der Waals surface area contributed by atoms with Gasteiger partial charge in [0.1, 0.15) is 5.82 Å². The Morgan fingerprint density at radius 1 is 1.21 bits per heavy atom. The van der Waals surface area contributed by atoms with Gasteiger partial charge in [0.05, 0.1) is 19.6 Å². The number of aromatic nitrogens is 1. The summed E-state index contributed by atoms with van der Waals surface area (Å²) in [7, 11) is 0. The van der Waals surface area contributed by atoms with Gasteiger partial charge in [0, 0.05) is 35.9 Å². The number of halogens is 1. The number of nitrogens with zero attached hydrogens (tertiary/aromatic N) is 2. The van der Waals surface area contributed by atoms with Gasteiger partial charge in [0.25, 0.3) is 0 Å². The highest BCUT2D eigenvalue weighted by Crippen LogP contribution is 2.18. The second-order valence-electron chi connectivity index (χ2n) is 5.67. The lowest BCUT2D eigenvalue weighted by atomic mass is 10.1. The molecule has 24 heavy (non-hydrogen) atoms. The van der Waals surface area contributed by atoms with Crippen molar-refractivity contribution in [1.29, 1.82) is 0 Å². The molecule has 1 aromatic carbocycles. The van der Waals surface area contributed by atoms with E-state index in [1.807, 2.05) is 36.4 Å². The van der Waals surface area contributed by atoms with Gasteiger partial charge in [-0.15, -0.1) is 0 Å². The van der Waals surface area contributed by atoms with Gasteiger partial charge in [-0.3, -0.25) is 4.79 Å². The molecule has 1 aliphatic heterocycles. The van der Waals surface area contributed by atoms with Gasteiger partial charge in [-0.1, -0.05) is 34.1 Å². The SMILES string of the molecule is O=C(Cc1ccc(Br)cc1)NCc1cccnc1N1CCOCC1. The summed E-state index contributed by atoms with van der Waals surface area (Å²) in [6, 6.07) is 11.7. The fraction of sp³-hybridized carbons (Fsp3) is 0.333. The minimum absolute atomic E-state index is 0.00843. The van der Waals surface area contributed by atoms with Crippen LogP contribution in [0.3, 0.4) is 0 Å². The van der Waals surface area contributed by atoms with Crippen molar-refractivity contribution < 1.29 is 9.53 Å². The highest BCUT2D eigenvalue weighted by Gasteiger charge is 2.16. The van der Waals surface area contributed by atoms with E-state index in [0.29, 0.717) is 26.2 Å². The summed E-state index contributed by atoms with van der Waals surface area (Å²) in [6.07, 6.45) is 2.17. The van der Waals surface area contributed by atoms with E-state index in [1.165, 1.54) is 0 Å². The predicted molar refractivity (Wildman–Crippen MR) is 97.0 cm³/mol. The van der Waals surface area contributed by atoms with E-state index >= 15 is 0 Å². The Bertz CT molecular complexity index is 685. The van der Waals surface area contributed by atoms with Gasteiger partial charge < -0.3 is 15.0 Å². The molecule has 0 bridgehead atoms. The number of pyridine rings is 1. The number of rotatable bonds is 5. The number of hydrogen-bond donors (Lipinski definition) is 1. The summed E-state index contributed by atoms with van der Waals surface area (Å²) in [5, 5.41) is 2.99. The third kappa shape index (κ3) is 4.55. The van der Waals surface area contributed by atoms with Crippen molar-refractivity contribution in [2.24, 2.45) is 0 Å². The van der Waals surface area contributed by atoms with Crippen LogP contribution in [0.5, 0.6) is 0 Å². The fourth-order valence-electron chi connectivity index (χ4n) is 2.67. The molecule has 1 N–H and O–H groups in total. The third-order valence-electron chi connectivity index (χ3n) is 3.93. The summed E-state index contributed by atoms with van der Waals surface area (Å²) in [6.45, 7) is 3.57. The van der Waals surface area contributed by atoms with Gasteiger partial charge in [-0.25, -0.2) is 4.98 Å². The van der Waals surface area contributed by atoms with Crippen LogP contribution in [-0.4, -0.2) is 37.2 Å². The molecule has 0 saturated carbocycles. The zero-order valence-electron chi connectivity index (χ0n) is 13.4. The highest BCUT2D eigenvalue weighted by atomic mass is 79.9. The van der Waals surface area contributed by atoms with Crippen LogP contribution in [0.4, 0.5) is 5.82 Å². The van der Waals surface area contributed by atoms with Gasteiger partial charge in [0.2, 0.25) is 5.91 Å². The van der Waals surface area contributed by atoms with E-state index in [1.54, 1.807) is 6.20 Å². The Labute approximate surface area is 150 Å². The van der Waals surface area contributed by atoms with Crippen molar-refractivity contribution in [1.82, 2.24) is 10.3 Å². The van der Waals surface area contributed by atoms with Crippen LogP contribution in [0.25, 0.3) is 0 Å². The lowest BCUT2D eigenvalue weighted by molar-refractivity contribution is -0.120. The number of carbonyl (C=O) groups excluding carboxylic acids is 1. The molecule has 1 aliphatic rings. The van der Waals surface area contributed by atoms with Crippen LogP contribution in [0, 0.1) is 0 Å². The molecule has 0 aliphatic carbocycles. The summed E-state index contributed by atoms with van der Waals surface area (Å²) in [4.78, 5) is 18.9. The highest BCUT2D eigenvalue weighted by molar-refractivity contribution is 9.10. The van der Waals surface area contributed by atoms with Gasteiger partial charge in [-0.2, -0.15) is 0 Å². The van der Waals surface area contributed by atoms with Crippen LogP contribution >= 0.6 is 15.9 Å². The maximum absolute atomic E-state index is 12.2. The molecule has 3 rings (SSSR count). The normalized spacial score (nSPS) is 14.5. The number of amides is 1. The Balaban J connectivity index is 1.59. The molecule has 0 atom stereocenters. The van der Waals surface area contributed by atoms with Crippen LogP contribution in [0.2, 0.25) is 0 Å². The minimum atomic E-state index is 0.00843. The maximum atomic E-state index is 12.2. The number of ether oxygens (including phenoxy) is 1. The number of carbonyl (C=O) groups is 1. The first-order valence-corrected chi connectivity index (χ1v) is 8.79. The third-order valence-corrected chi connectivity index (χ3v) is 4.46. The average Bonchev–Trinajstić information content (AvgIpc) is 2.63. The fourth-order valence-corrected chi connectivity index (χ4v) is 2.94. The number of hydrogen-bond acceptors (Lipinski definition) is 4. The average molecular weight is 390 g/mol. The first-order chi connectivity index (χ1) is 11.7. The monoisotopic (exact) mass is 389 g/mol. The van der Waals surface area contributed by atoms with Crippen LogP contribution in [0.1, 0.15) is 11.1 Å². The quantitative estimate of drug-likeness (QED) is 0.853. The predicted octanol–water partition coefficient (Wildman–Crippen LogP) is 2.54. The molecular weight excluding hydrogens is 370 g/mol. The molecule has 0 radical (unpaired) electrons. The van der Waals surface area contributed by atoms with Crippen LogP contribution in [0.15, 0.2) is 47.1 Å². The van der Waals surface area contributed by atoms with E-state index < -0.39 is 0 Å². The minimum Gasteiger partial charge on any atom is -0.378 e. The zero-order chi connectivity index (χ0) is 16.8. The molecule has 1 fully saturated rings. The molecule has 0 spiro atoms. The molecule has 126 valence electrons. The topological polar surface area (TPSA) is 54.5 Å². The Hall–Kier alpha value is -1.92. The van der Waals surface area contributed by atoms with Crippen LogP contribution in [-0.2, 0) is 22.5 Å². The smallest absolute Gasteiger partial charge is 0.224 e. The first kappa shape index (κ1) is 16.9. The van der Waals surface area contributed by atoms with Gasteiger partial charge in [0.15, 0.2) is 0 Å². The first-order valence-electron chi connectivity index (χ1n) is 8.00. The molecule has 1 saturated heterocycles. The lowest BCUT2D eigenvalue weighted by Crippen LogP contribution is -2.38. The van der Waals surface area contributed by atoms with Crippen molar-refractivity contribution in [3.63, 3.8) is 0 Å². The van der Waals surface area contributed by atoms with Gasteiger partial charge >= 0.3 is 0 Å². The molecule has 2 heterocycles. The van der Waals surface area contributed by atoms with E-state index in [0.717, 1.165) is 34.5 Å². The van der Waals surface area contributed by atoms with E-state index in [9.17, 15) is 4.79 Å². The van der Waals surface area contributed by atoms with E-state index in [4.69, 9.17) is 4.74 Å². The summed E-state index contributed by atoms with van der Waals surface area (Å²) < 4.78 is 6.40. The van der Waals surface area contributed by atoms with E-state index in [-0.39, 0.29) is 5.91 Å². The molecular formula is C18H20BrN3O2. The summed E-state index contributed by atoms with van der Waals surface area (Å²) in [5.74, 6) is 0.943. The van der Waals surface area contributed by atoms with Crippen molar-refractivity contribution >= 4 is 27.7 Å². The molecule has 5 nitrogen and oxygen atoms in total. The molecule has 1 amide bonds. The number of nitrogens with one attached hydrogen (secondary N) is 1. The number of morpholine rings is 1.